The van der Waals surface area contributed by atoms with E-state index in [1.165, 1.54) is 36.6 Å². The van der Waals surface area contributed by atoms with Gasteiger partial charge in [0.15, 0.2) is 5.13 Å². The molecule has 1 heterocycles. The second-order valence-electron chi connectivity index (χ2n) is 6.98. The van der Waals surface area contributed by atoms with Crippen LogP contribution in [0.5, 0.6) is 5.75 Å². The summed E-state index contributed by atoms with van der Waals surface area (Å²) in [5.41, 5.74) is 1.80. The summed E-state index contributed by atoms with van der Waals surface area (Å²) in [5.74, 6) is 0.106. The predicted molar refractivity (Wildman–Crippen MR) is 136 cm³/mol. The molecule has 0 bridgehead atoms. The van der Waals surface area contributed by atoms with Gasteiger partial charge in [-0.1, -0.05) is 29.3 Å². The zero-order valence-corrected chi connectivity index (χ0v) is 20.7. The maximum atomic E-state index is 12.8. The number of amides is 1. The standard InChI is InChI=1S/C23H17Cl2N3O4S2/c1-32-17-6-8-18(9-7-17)34(30,31)28-16-4-2-3-14(11-16)22(29)27-23-26-21(13-33-23)19-10-5-15(24)12-20(19)25/h2-13,28H,1H3,(H,26,27,29). The molecule has 3 aromatic carbocycles. The Hall–Kier alpha value is -3.11. The maximum Gasteiger partial charge on any atom is 0.261 e. The van der Waals surface area contributed by atoms with Crippen molar-refractivity contribution in [1.29, 1.82) is 0 Å². The van der Waals surface area contributed by atoms with E-state index < -0.39 is 15.9 Å². The fraction of sp³-hybridized carbons (Fsp3) is 0.0435. The number of anilines is 2. The van der Waals surface area contributed by atoms with Crippen molar-refractivity contribution in [2.24, 2.45) is 0 Å². The molecule has 0 aliphatic carbocycles. The van der Waals surface area contributed by atoms with Gasteiger partial charge in [-0.2, -0.15) is 0 Å². The number of hydrogen-bond acceptors (Lipinski definition) is 6. The van der Waals surface area contributed by atoms with Gasteiger partial charge < -0.3 is 4.74 Å². The lowest BCUT2D eigenvalue weighted by molar-refractivity contribution is 0.102. The summed E-state index contributed by atoms with van der Waals surface area (Å²) in [6.07, 6.45) is 0. The highest BCUT2D eigenvalue weighted by atomic mass is 35.5. The highest BCUT2D eigenvalue weighted by molar-refractivity contribution is 7.92. The van der Waals surface area contributed by atoms with Gasteiger partial charge in [0.1, 0.15) is 5.75 Å². The Kier molecular flexibility index (Phi) is 7.08. The number of rotatable bonds is 7. The SMILES string of the molecule is COc1ccc(S(=O)(=O)Nc2cccc(C(=O)Nc3nc(-c4ccc(Cl)cc4Cl)cs3)c2)cc1. The van der Waals surface area contributed by atoms with Gasteiger partial charge in [0, 0.05) is 27.2 Å². The number of nitrogens with one attached hydrogen (secondary N) is 2. The number of hydrogen-bond donors (Lipinski definition) is 2. The lowest BCUT2D eigenvalue weighted by Gasteiger charge is -2.10. The first kappa shape index (κ1) is 24.0. The molecule has 11 heteroatoms. The van der Waals surface area contributed by atoms with Crippen molar-refractivity contribution in [3.8, 4) is 17.0 Å². The normalized spacial score (nSPS) is 11.1. The molecule has 34 heavy (non-hydrogen) atoms. The molecular weight excluding hydrogens is 517 g/mol. The number of aromatic nitrogens is 1. The van der Waals surface area contributed by atoms with Crippen molar-refractivity contribution < 1.29 is 17.9 Å². The third kappa shape index (κ3) is 5.51. The zero-order valence-electron chi connectivity index (χ0n) is 17.6. The van der Waals surface area contributed by atoms with Gasteiger partial charge in [0.05, 0.1) is 22.7 Å². The molecule has 1 amide bonds. The first-order valence-electron chi connectivity index (χ1n) is 9.74. The number of carbonyl (C=O) groups is 1. The number of carbonyl (C=O) groups excluding carboxylic acids is 1. The molecule has 0 aliphatic rings. The van der Waals surface area contributed by atoms with Gasteiger partial charge in [0.2, 0.25) is 0 Å². The smallest absolute Gasteiger partial charge is 0.261 e. The van der Waals surface area contributed by atoms with Crippen LogP contribution in [0.3, 0.4) is 0 Å². The number of halogens is 2. The van der Waals surface area contributed by atoms with Gasteiger partial charge in [-0.25, -0.2) is 13.4 Å². The molecule has 1 aromatic heterocycles. The molecule has 4 aromatic rings. The van der Waals surface area contributed by atoms with Crippen LogP contribution in [0.25, 0.3) is 11.3 Å². The Morgan fingerprint density at radius 1 is 1.03 bits per heavy atom. The topological polar surface area (TPSA) is 97.4 Å². The first-order valence-corrected chi connectivity index (χ1v) is 12.9. The largest absolute Gasteiger partial charge is 0.497 e. The lowest BCUT2D eigenvalue weighted by atomic mass is 10.2. The van der Waals surface area contributed by atoms with E-state index in [0.29, 0.717) is 32.2 Å². The highest BCUT2D eigenvalue weighted by Gasteiger charge is 2.16. The molecule has 0 aliphatic heterocycles. The lowest BCUT2D eigenvalue weighted by Crippen LogP contribution is -2.15. The quantitative estimate of drug-likeness (QED) is 0.295. The molecule has 0 spiro atoms. The first-order chi connectivity index (χ1) is 16.2. The van der Waals surface area contributed by atoms with Crippen molar-refractivity contribution >= 4 is 61.3 Å². The van der Waals surface area contributed by atoms with Crippen LogP contribution in [0, 0.1) is 0 Å². The van der Waals surface area contributed by atoms with E-state index in [1.807, 2.05) is 0 Å². The third-order valence-corrected chi connectivity index (χ3v) is 7.38. The van der Waals surface area contributed by atoms with E-state index >= 15 is 0 Å². The van der Waals surface area contributed by atoms with E-state index in [1.54, 1.807) is 53.9 Å². The minimum atomic E-state index is -3.84. The molecule has 7 nitrogen and oxygen atoms in total. The number of thiazole rings is 1. The number of benzene rings is 3. The summed E-state index contributed by atoms with van der Waals surface area (Å²) in [6.45, 7) is 0. The fourth-order valence-electron chi connectivity index (χ4n) is 3.01. The zero-order chi connectivity index (χ0) is 24.3. The van der Waals surface area contributed by atoms with Crippen molar-refractivity contribution in [3.05, 3.63) is 87.7 Å². The fourth-order valence-corrected chi connectivity index (χ4v) is 5.27. The van der Waals surface area contributed by atoms with Crippen LogP contribution in [-0.2, 0) is 10.0 Å². The van der Waals surface area contributed by atoms with Gasteiger partial charge >= 0.3 is 0 Å². The predicted octanol–water partition coefficient (Wildman–Crippen LogP) is 6.18. The van der Waals surface area contributed by atoms with E-state index in [0.717, 1.165) is 0 Å². The summed E-state index contributed by atoms with van der Waals surface area (Å²) in [7, 11) is -2.35. The molecule has 0 saturated carbocycles. The van der Waals surface area contributed by atoms with Gasteiger partial charge in [-0.3, -0.25) is 14.8 Å². The van der Waals surface area contributed by atoms with Crippen molar-refractivity contribution in [2.75, 3.05) is 17.1 Å². The second kappa shape index (κ2) is 10.0. The van der Waals surface area contributed by atoms with Crippen molar-refractivity contribution in [2.45, 2.75) is 4.90 Å². The summed E-state index contributed by atoms with van der Waals surface area (Å²) in [5, 5.41) is 5.83. The Morgan fingerprint density at radius 2 is 1.79 bits per heavy atom. The molecule has 0 saturated heterocycles. The number of ether oxygens (including phenoxy) is 1. The summed E-state index contributed by atoms with van der Waals surface area (Å²) in [4.78, 5) is 17.2. The van der Waals surface area contributed by atoms with Crippen LogP contribution in [-0.4, -0.2) is 26.4 Å². The summed E-state index contributed by atoms with van der Waals surface area (Å²) >= 11 is 13.4. The molecule has 0 unspecified atom stereocenters. The molecule has 2 N–H and O–H groups in total. The van der Waals surface area contributed by atoms with E-state index in [9.17, 15) is 13.2 Å². The van der Waals surface area contributed by atoms with Crippen LogP contribution < -0.4 is 14.8 Å². The minimum absolute atomic E-state index is 0.0688. The molecule has 0 fully saturated rings. The average Bonchev–Trinajstić information content (AvgIpc) is 3.27. The molecule has 4 rings (SSSR count). The molecule has 0 radical (unpaired) electrons. The Morgan fingerprint density at radius 3 is 2.50 bits per heavy atom. The molecule has 174 valence electrons. The Balaban J connectivity index is 1.48. The van der Waals surface area contributed by atoms with Crippen molar-refractivity contribution in [1.82, 2.24) is 4.98 Å². The van der Waals surface area contributed by atoms with Gasteiger partial charge in [-0.05, 0) is 60.7 Å². The van der Waals surface area contributed by atoms with E-state index in [2.05, 4.69) is 15.0 Å². The minimum Gasteiger partial charge on any atom is -0.497 e. The molecule has 0 atom stereocenters. The van der Waals surface area contributed by atoms with E-state index in [4.69, 9.17) is 27.9 Å². The van der Waals surface area contributed by atoms with Crippen LogP contribution in [0.4, 0.5) is 10.8 Å². The third-order valence-electron chi connectivity index (χ3n) is 4.68. The van der Waals surface area contributed by atoms with Crippen LogP contribution in [0.2, 0.25) is 10.0 Å². The Bertz CT molecular complexity index is 1460. The summed E-state index contributed by atoms with van der Waals surface area (Å²) < 4.78 is 32.9. The van der Waals surface area contributed by atoms with E-state index in [-0.39, 0.29) is 16.1 Å². The van der Waals surface area contributed by atoms with Crippen LogP contribution in [0.15, 0.2) is 77.0 Å². The maximum absolute atomic E-state index is 12.8. The molecular formula is C23H17Cl2N3O4S2. The van der Waals surface area contributed by atoms with Crippen LogP contribution in [0.1, 0.15) is 10.4 Å². The monoisotopic (exact) mass is 533 g/mol. The average molecular weight is 534 g/mol. The van der Waals surface area contributed by atoms with Gasteiger partial charge in [0.25, 0.3) is 15.9 Å². The Labute approximate surface area is 210 Å². The van der Waals surface area contributed by atoms with Crippen LogP contribution >= 0.6 is 34.5 Å². The number of methoxy groups -OCH3 is 1. The van der Waals surface area contributed by atoms with Gasteiger partial charge in [-0.15, -0.1) is 11.3 Å². The summed E-state index contributed by atoms with van der Waals surface area (Å²) in [6, 6.07) is 17.2. The van der Waals surface area contributed by atoms with Crippen molar-refractivity contribution in [3.63, 3.8) is 0 Å². The highest BCUT2D eigenvalue weighted by Crippen LogP contribution is 2.32. The number of sulfonamides is 1. The second-order valence-corrected chi connectivity index (χ2v) is 10.4. The number of nitrogens with zero attached hydrogens (tertiary/aromatic N) is 1.